The minimum absolute atomic E-state index is 0.304. The summed E-state index contributed by atoms with van der Waals surface area (Å²) in [4.78, 5) is 17.0. The predicted octanol–water partition coefficient (Wildman–Crippen LogP) is 4.55. The summed E-state index contributed by atoms with van der Waals surface area (Å²) in [6.07, 6.45) is 0.912. The first-order valence-corrected chi connectivity index (χ1v) is 8.42. The van der Waals surface area contributed by atoms with Gasteiger partial charge in [0.1, 0.15) is 5.01 Å². The van der Waals surface area contributed by atoms with Crippen molar-refractivity contribution in [1.29, 1.82) is 0 Å². The molecule has 3 rings (SSSR count). The molecule has 0 aliphatic heterocycles. The molecule has 2 N–H and O–H groups in total. The van der Waals surface area contributed by atoms with Crippen LogP contribution in [0.4, 0.5) is 0 Å². The normalized spacial score (nSPS) is 10.7. The van der Waals surface area contributed by atoms with Crippen LogP contribution in [0.5, 0.6) is 0 Å². The number of thiazole rings is 1. The molecule has 1 heterocycles. The van der Waals surface area contributed by atoms with Gasteiger partial charge in [0.25, 0.3) is 0 Å². The van der Waals surface area contributed by atoms with Crippen LogP contribution in [0, 0.1) is 0 Å². The Morgan fingerprint density at radius 3 is 2.39 bits per heavy atom. The summed E-state index contributed by atoms with van der Waals surface area (Å²) >= 11 is 7.57. The van der Waals surface area contributed by atoms with Crippen LogP contribution < -0.4 is 5.73 Å². The molecule has 1 amide bonds. The van der Waals surface area contributed by atoms with Crippen LogP contribution in [-0.4, -0.2) is 10.9 Å². The van der Waals surface area contributed by atoms with Gasteiger partial charge in [-0.1, -0.05) is 54.1 Å². The molecule has 0 bridgehead atoms. The molecule has 0 saturated carbocycles. The van der Waals surface area contributed by atoms with Gasteiger partial charge in [0.2, 0.25) is 5.91 Å². The molecule has 0 aliphatic carbocycles. The van der Waals surface area contributed by atoms with Crippen LogP contribution in [0.2, 0.25) is 5.02 Å². The number of carbonyl (C=O) groups excluding carboxylic acids is 1. The van der Waals surface area contributed by atoms with E-state index in [1.54, 1.807) is 11.3 Å². The van der Waals surface area contributed by atoms with E-state index in [9.17, 15) is 4.79 Å². The number of aromatic nitrogens is 1. The number of benzene rings is 2. The minimum atomic E-state index is -0.304. The number of amides is 1. The zero-order chi connectivity index (χ0) is 16.2. The van der Waals surface area contributed by atoms with Crippen molar-refractivity contribution < 1.29 is 4.79 Å². The number of halogens is 1. The summed E-state index contributed by atoms with van der Waals surface area (Å²) in [5, 5.41) is 1.63. The van der Waals surface area contributed by atoms with Gasteiger partial charge in [-0.05, 0) is 18.6 Å². The summed E-state index contributed by atoms with van der Waals surface area (Å²) in [6.45, 7) is 0. The van der Waals surface area contributed by atoms with E-state index < -0.39 is 0 Å². The SMILES string of the molecule is NC(=O)CCc1sc(-c2ccccc2)nc1-c1ccc(Cl)cc1. The van der Waals surface area contributed by atoms with Crippen molar-refractivity contribution in [3.63, 3.8) is 0 Å². The maximum Gasteiger partial charge on any atom is 0.217 e. The second-order valence-corrected chi connectivity index (χ2v) is 6.65. The van der Waals surface area contributed by atoms with Gasteiger partial charge in [0.05, 0.1) is 5.69 Å². The average Bonchev–Trinajstić information content (AvgIpc) is 2.99. The fourth-order valence-electron chi connectivity index (χ4n) is 2.30. The van der Waals surface area contributed by atoms with Crippen LogP contribution in [0.25, 0.3) is 21.8 Å². The molecule has 0 spiro atoms. The Hall–Kier alpha value is -2.17. The Kier molecular flexibility index (Phi) is 4.74. The van der Waals surface area contributed by atoms with E-state index in [4.69, 9.17) is 22.3 Å². The van der Waals surface area contributed by atoms with Gasteiger partial charge in [-0.15, -0.1) is 11.3 Å². The number of primary amides is 1. The van der Waals surface area contributed by atoms with Crippen molar-refractivity contribution in [2.45, 2.75) is 12.8 Å². The molecular formula is C18H15ClN2OS. The van der Waals surface area contributed by atoms with Crippen LogP contribution in [0.3, 0.4) is 0 Å². The molecule has 23 heavy (non-hydrogen) atoms. The molecule has 1 aromatic heterocycles. The second kappa shape index (κ2) is 6.94. The van der Waals surface area contributed by atoms with E-state index in [1.807, 2.05) is 54.6 Å². The first-order chi connectivity index (χ1) is 11.1. The fraction of sp³-hybridized carbons (Fsp3) is 0.111. The smallest absolute Gasteiger partial charge is 0.217 e. The lowest BCUT2D eigenvalue weighted by Crippen LogP contribution is -2.11. The van der Waals surface area contributed by atoms with Crippen molar-refractivity contribution >= 4 is 28.8 Å². The minimum Gasteiger partial charge on any atom is -0.370 e. The fourth-order valence-corrected chi connectivity index (χ4v) is 3.51. The Labute approximate surface area is 143 Å². The molecule has 0 saturated heterocycles. The summed E-state index contributed by atoms with van der Waals surface area (Å²) < 4.78 is 0. The van der Waals surface area contributed by atoms with Crippen LogP contribution in [-0.2, 0) is 11.2 Å². The quantitative estimate of drug-likeness (QED) is 0.739. The van der Waals surface area contributed by atoms with Gasteiger partial charge in [-0.2, -0.15) is 0 Å². The molecule has 116 valence electrons. The number of rotatable bonds is 5. The average molecular weight is 343 g/mol. The highest BCUT2D eigenvalue weighted by Crippen LogP contribution is 2.35. The van der Waals surface area contributed by atoms with Gasteiger partial charge >= 0.3 is 0 Å². The molecule has 2 aromatic carbocycles. The number of carbonyl (C=O) groups is 1. The van der Waals surface area contributed by atoms with E-state index in [1.165, 1.54) is 0 Å². The number of hydrogen-bond donors (Lipinski definition) is 1. The molecule has 3 nitrogen and oxygen atoms in total. The first kappa shape index (κ1) is 15.7. The maximum absolute atomic E-state index is 11.1. The van der Waals surface area contributed by atoms with E-state index >= 15 is 0 Å². The molecule has 0 atom stereocenters. The topological polar surface area (TPSA) is 56.0 Å². The van der Waals surface area contributed by atoms with Gasteiger partial charge in [-0.25, -0.2) is 4.98 Å². The number of nitrogens with zero attached hydrogens (tertiary/aromatic N) is 1. The summed E-state index contributed by atoms with van der Waals surface area (Å²) in [6, 6.07) is 17.6. The molecule has 0 unspecified atom stereocenters. The van der Waals surface area contributed by atoms with Crippen molar-refractivity contribution in [3.05, 3.63) is 64.5 Å². The van der Waals surface area contributed by atoms with Gasteiger partial charge in [0, 0.05) is 27.4 Å². The Balaban J connectivity index is 2.03. The third kappa shape index (κ3) is 3.78. The van der Waals surface area contributed by atoms with Crippen LogP contribution in [0.15, 0.2) is 54.6 Å². The Morgan fingerprint density at radius 2 is 1.74 bits per heavy atom. The Morgan fingerprint density at radius 1 is 1.04 bits per heavy atom. The maximum atomic E-state index is 11.1. The van der Waals surface area contributed by atoms with E-state index in [0.717, 1.165) is 26.7 Å². The lowest BCUT2D eigenvalue weighted by molar-refractivity contribution is -0.117. The van der Waals surface area contributed by atoms with Crippen molar-refractivity contribution in [2.75, 3.05) is 0 Å². The lowest BCUT2D eigenvalue weighted by Gasteiger charge is -2.01. The van der Waals surface area contributed by atoms with Crippen molar-refractivity contribution in [2.24, 2.45) is 5.73 Å². The van der Waals surface area contributed by atoms with Gasteiger partial charge in [0.15, 0.2) is 0 Å². The van der Waals surface area contributed by atoms with Crippen LogP contribution >= 0.6 is 22.9 Å². The molecule has 0 fully saturated rings. The third-order valence-corrected chi connectivity index (χ3v) is 4.85. The number of nitrogens with two attached hydrogens (primary N) is 1. The monoisotopic (exact) mass is 342 g/mol. The summed E-state index contributed by atoms with van der Waals surface area (Å²) in [5.41, 5.74) is 8.25. The molecule has 0 radical (unpaired) electrons. The standard InChI is InChI=1S/C18H15ClN2OS/c19-14-8-6-12(7-9-14)17-15(10-11-16(20)22)23-18(21-17)13-4-2-1-3-5-13/h1-9H,10-11H2,(H2,20,22). The second-order valence-electron chi connectivity index (χ2n) is 5.13. The zero-order valence-corrected chi connectivity index (χ0v) is 13.9. The zero-order valence-electron chi connectivity index (χ0n) is 12.3. The van der Waals surface area contributed by atoms with Crippen LogP contribution in [0.1, 0.15) is 11.3 Å². The molecular weight excluding hydrogens is 328 g/mol. The highest BCUT2D eigenvalue weighted by atomic mass is 35.5. The Bertz CT molecular complexity index is 813. The number of aryl methyl sites for hydroxylation is 1. The van der Waals surface area contributed by atoms with Crippen molar-refractivity contribution in [1.82, 2.24) is 4.98 Å². The van der Waals surface area contributed by atoms with E-state index in [2.05, 4.69) is 0 Å². The van der Waals surface area contributed by atoms with E-state index in [0.29, 0.717) is 17.9 Å². The molecule has 3 aromatic rings. The predicted molar refractivity (Wildman–Crippen MR) is 95.5 cm³/mol. The first-order valence-electron chi connectivity index (χ1n) is 7.23. The summed E-state index contributed by atoms with van der Waals surface area (Å²) in [7, 11) is 0. The van der Waals surface area contributed by atoms with E-state index in [-0.39, 0.29) is 5.91 Å². The largest absolute Gasteiger partial charge is 0.370 e. The van der Waals surface area contributed by atoms with Crippen molar-refractivity contribution in [3.8, 4) is 21.8 Å². The van der Waals surface area contributed by atoms with Gasteiger partial charge < -0.3 is 5.73 Å². The highest BCUT2D eigenvalue weighted by Gasteiger charge is 2.15. The molecule has 5 heteroatoms. The molecule has 0 aliphatic rings. The number of hydrogen-bond acceptors (Lipinski definition) is 3. The highest BCUT2D eigenvalue weighted by molar-refractivity contribution is 7.15. The third-order valence-electron chi connectivity index (χ3n) is 3.43. The van der Waals surface area contributed by atoms with Gasteiger partial charge in [-0.3, -0.25) is 4.79 Å². The summed E-state index contributed by atoms with van der Waals surface area (Å²) in [5.74, 6) is -0.304. The lowest BCUT2D eigenvalue weighted by atomic mass is 10.1.